The third-order valence-corrected chi connectivity index (χ3v) is 4.53. The first-order valence-corrected chi connectivity index (χ1v) is 8.40. The Morgan fingerprint density at radius 3 is 2.32 bits per heavy atom. The maximum absolute atomic E-state index is 6.14. The van der Waals surface area contributed by atoms with E-state index in [0.29, 0.717) is 12.0 Å². The van der Waals surface area contributed by atoms with Crippen LogP contribution in [0, 0.1) is 5.92 Å². The van der Waals surface area contributed by atoms with Crippen LogP contribution in [0.25, 0.3) is 0 Å². The molecule has 3 N–H and O–H groups in total. The van der Waals surface area contributed by atoms with E-state index in [-0.39, 0.29) is 0 Å². The lowest BCUT2D eigenvalue weighted by molar-refractivity contribution is 0.271. The number of anilines is 1. The standard InChI is InChI=1S/C18H30N4/c1-5-13-8-7-9-14(6-2)17(13)21-18(19)20-12-16(22(3)4)15-10-11-15/h7-9,15-16H,5-6,10-12H2,1-4H3,(H3,19,20,21). The molecule has 0 radical (unpaired) electrons. The molecule has 4 heteroatoms. The molecule has 0 aliphatic heterocycles. The van der Waals surface area contributed by atoms with Crippen molar-refractivity contribution in [1.29, 1.82) is 0 Å². The van der Waals surface area contributed by atoms with Gasteiger partial charge in [0.2, 0.25) is 0 Å². The minimum atomic E-state index is 0.507. The van der Waals surface area contributed by atoms with Crippen LogP contribution in [-0.2, 0) is 12.8 Å². The van der Waals surface area contributed by atoms with Crippen LogP contribution in [-0.4, -0.2) is 37.5 Å². The van der Waals surface area contributed by atoms with Crippen molar-refractivity contribution < 1.29 is 0 Å². The van der Waals surface area contributed by atoms with E-state index in [2.05, 4.69) is 61.4 Å². The number of likely N-dealkylation sites (N-methyl/N-ethyl adjacent to an activating group) is 1. The van der Waals surface area contributed by atoms with Crippen LogP contribution in [0.15, 0.2) is 23.2 Å². The summed E-state index contributed by atoms with van der Waals surface area (Å²) in [6.45, 7) is 5.11. The lowest BCUT2D eigenvalue weighted by atomic mass is 10.0. The molecule has 1 aliphatic rings. The van der Waals surface area contributed by atoms with E-state index in [1.807, 2.05) is 0 Å². The van der Waals surface area contributed by atoms with Gasteiger partial charge in [0, 0.05) is 11.7 Å². The summed E-state index contributed by atoms with van der Waals surface area (Å²) in [6, 6.07) is 6.93. The van der Waals surface area contributed by atoms with Gasteiger partial charge in [-0.05, 0) is 56.8 Å². The number of guanidine groups is 1. The Morgan fingerprint density at radius 1 is 1.27 bits per heavy atom. The van der Waals surface area contributed by atoms with Gasteiger partial charge in [0.05, 0.1) is 6.54 Å². The highest BCUT2D eigenvalue weighted by molar-refractivity contribution is 5.93. The average molecular weight is 302 g/mol. The molecule has 122 valence electrons. The van der Waals surface area contributed by atoms with Gasteiger partial charge in [-0.15, -0.1) is 0 Å². The molecular formula is C18H30N4. The van der Waals surface area contributed by atoms with E-state index in [4.69, 9.17) is 5.73 Å². The lowest BCUT2D eigenvalue weighted by Gasteiger charge is -2.22. The molecule has 0 aromatic heterocycles. The molecule has 0 heterocycles. The van der Waals surface area contributed by atoms with Gasteiger partial charge >= 0.3 is 0 Å². The van der Waals surface area contributed by atoms with Crippen molar-refractivity contribution in [2.75, 3.05) is 26.0 Å². The molecule has 2 rings (SSSR count). The van der Waals surface area contributed by atoms with Crippen molar-refractivity contribution >= 4 is 11.6 Å². The quantitative estimate of drug-likeness (QED) is 0.601. The van der Waals surface area contributed by atoms with E-state index in [0.717, 1.165) is 31.0 Å². The summed E-state index contributed by atoms with van der Waals surface area (Å²) in [5, 5.41) is 3.34. The summed E-state index contributed by atoms with van der Waals surface area (Å²) < 4.78 is 0. The van der Waals surface area contributed by atoms with Crippen molar-refractivity contribution in [1.82, 2.24) is 4.90 Å². The zero-order valence-corrected chi connectivity index (χ0v) is 14.4. The summed E-state index contributed by atoms with van der Waals surface area (Å²) in [7, 11) is 4.26. The fourth-order valence-corrected chi connectivity index (χ4v) is 2.98. The van der Waals surface area contributed by atoms with Gasteiger partial charge in [0.15, 0.2) is 5.96 Å². The summed E-state index contributed by atoms with van der Waals surface area (Å²) >= 11 is 0. The normalized spacial score (nSPS) is 16.9. The Kier molecular flexibility index (Phi) is 5.83. The highest BCUT2D eigenvalue weighted by atomic mass is 15.2. The fourth-order valence-electron chi connectivity index (χ4n) is 2.98. The molecule has 22 heavy (non-hydrogen) atoms. The summed E-state index contributed by atoms with van der Waals surface area (Å²) in [5.41, 5.74) is 9.87. The van der Waals surface area contributed by atoms with Crippen molar-refractivity contribution in [2.24, 2.45) is 16.6 Å². The lowest BCUT2D eigenvalue weighted by Crippen LogP contribution is -2.34. The molecular weight excluding hydrogens is 272 g/mol. The summed E-state index contributed by atoms with van der Waals surface area (Å²) in [4.78, 5) is 6.86. The van der Waals surface area contributed by atoms with E-state index < -0.39 is 0 Å². The highest BCUT2D eigenvalue weighted by Gasteiger charge is 2.32. The number of aliphatic imine (C=N–C) groups is 1. The first-order chi connectivity index (χ1) is 10.6. The van der Waals surface area contributed by atoms with Crippen molar-refractivity contribution in [3.63, 3.8) is 0 Å². The van der Waals surface area contributed by atoms with Gasteiger partial charge in [-0.1, -0.05) is 32.0 Å². The molecule has 0 saturated heterocycles. The molecule has 1 unspecified atom stereocenters. The van der Waals surface area contributed by atoms with Gasteiger partial charge in [0.25, 0.3) is 0 Å². The second-order valence-corrected chi connectivity index (χ2v) is 6.38. The number of hydrogen-bond acceptors (Lipinski definition) is 2. The van der Waals surface area contributed by atoms with Crippen LogP contribution in [0.4, 0.5) is 5.69 Å². The molecule has 4 nitrogen and oxygen atoms in total. The molecule has 0 amide bonds. The first kappa shape index (κ1) is 16.8. The van der Waals surface area contributed by atoms with Crippen molar-refractivity contribution in [3.05, 3.63) is 29.3 Å². The smallest absolute Gasteiger partial charge is 0.193 e. The Labute approximate surface area is 134 Å². The Bertz CT molecular complexity index is 494. The molecule has 0 spiro atoms. The number of rotatable bonds is 7. The molecule has 1 saturated carbocycles. The summed E-state index contributed by atoms with van der Waals surface area (Å²) in [5.74, 6) is 1.32. The predicted molar refractivity (Wildman–Crippen MR) is 95.5 cm³/mol. The second kappa shape index (κ2) is 7.63. The Morgan fingerprint density at radius 2 is 1.86 bits per heavy atom. The third kappa shape index (κ3) is 4.23. The molecule has 1 fully saturated rings. The van der Waals surface area contributed by atoms with E-state index in [9.17, 15) is 0 Å². The van der Waals surface area contributed by atoms with Crippen LogP contribution < -0.4 is 11.1 Å². The van der Waals surface area contributed by atoms with E-state index in [1.165, 1.54) is 24.0 Å². The SMILES string of the molecule is CCc1cccc(CC)c1NC(N)=NCC(C1CC1)N(C)C. The summed E-state index contributed by atoms with van der Waals surface area (Å²) in [6.07, 6.45) is 4.63. The minimum absolute atomic E-state index is 0.507. The zero-order chi connectivity index (χ0) is 16.1. The van der Waals surface area contributed by atoms with Crippen LogP contribution in [0.3, 0.4) is 0 Å². The van der Waals surface area contributed by atoms with E-state index >= 15 is 0 Å². The number of benzene rings is 1. The second-order valence-electron chi connectivity index (χ2n) is 6.38. The van der Waals surface area contributed by atoms with E-state index in [1.54, 1.807) is 0 Å². The largest absolute Gasteiger partial charge is 0.370 e. The molecule has 1 aliphatic carbocycles. The maximum Gasteiger partial charge on any atom is 0.193 e. The number of nitrogens with two attached hydrogens (primary N) is 1. The first-order valence-electron chi connectivity index (χ1n) is 8.40. The van der Waals surface area contributed by atoms with Crippen LogP contribution >= 0.6 is 0 Å². The molecule has 1 atom stereocenters. The van der Waals surface area contributed by atoms with Crippen LogP contribution in [0.5, 0.6) is 0 Å². The van der Waals surface area contributed by atoms with Gasteiger partial charge < -0.3 is 16.0 Å². The zero-order valence-electron chi connectivity index (χ0n) is 14.4. The third-order valence-electron chi connectivity index (χ3n) is 4.53. The molecule has 1 aromatic rings. The Balaban J connectivity index is 2.07. The molecule has 1 aromatic carbocycles. The minimum Gasteiger partial charge on any atom is -0.370 e. The number of aryl methyl sites for hydroxylation is 2. The maximum atomic E-state index is 6.14. The van der Waals surface area contributed by atoms with Gasteiger partial charge in [-0.3, -0.25) is 4.99 Å². The molecule has 0 bridgehead atoms. The number of hydrogen-bond donors (Lipinski definition) is 2. The monoisotopic (exact) mass is 302 g/mol. The van der Waals surface area contributed by atoms with Gasteiger partial charge in [0.1, 0.15) is 0 Å². The Hall–Kier alpha value is -1.55. The number of para-hydroxylation sites is 1. The topological polar surface area (TPSA) is 53.6 Å². The van der Waals surface area contributed by atoms with Crippen LogP contribution in [0.1, 0.15) is 37.8 Å². The fraction of sp³-hybridized carbons (Fsp3) is 0.611. The van der Waals surface area contributed by atoms with Crippen molar-refractivity contribution in [3.8, 4) is 0 Å². The van der Waals surface area contributed by atoms with Crippen LogP contribution in [0.2, 0.25) is 0 Å². The highest BCUT2D eigenvalue weighted by Crippen LogP contribution is 2.34. The predicted octanol–water partition coefficient (Wildman–Crippen LogP) is 2.88. The number of nitrogens with zero attached hydrogens (tertiary/aromatic N) is 2. The van der Waals surface area contributed by atoms with Crippen molar-refractivity contribution in [2.45, 2.75) is 45.6 Å². The van der Waals surface area contributed by atoms with Gasteiger partial charge in [-0.25, -0.2) is 0 Å². The average Bonchev–Trinajstić information content (AvgIpc) is 3.32. The number of nitrogens with one attached hydrogen (secondary N) is 1. The van der Waals surface area contributed by atoms with Gasteiger partial charge in [-0.2, -0.15) is 0 Å².